The molecule has 1 aromatic heterocycles. The Bertz CT molecular complexity index is 756. The third kappa shape index (κ3) is 3.12. The number of halogens is 1. The first-order valence-electron chi connectivity index (χ1n) is 6.14. The highest BCUT2D eigenvalue weighted by Gasteiger charge is 2.21. The van der Waals surface area contributed by atoms with Crippen molar-refractivity contribution >= 4 is 38.9 Å². The molecule has 0 aliphatic carbocycles. The summed E-state index contributed by atoms with van der Waals surface area (Å²) in [6.45, 7) is 3.46. The highest BCUT2D eigenvalue weighted by Crippen LogP contribution is 2.39. The molecule has 6 nitrogen and oxygen atoms in total. The van der Waals surface area contributed by atoms with E-state index in [1.165, 1.54) is 24.5 Å². The van der Waals surface area contributed by atoms with Crippen molar-refractivity contribution in [3.63, 3.8) is 0 Å². The highest BCUT2D eigenvalue weighted by molar-refractivity contribution is 9.10. The summed E-state index contributed by atoms with van der Waals surface area (Å²) in [7, 11) is 1.31. The van der Waals surface area contributed by atoms with Gasteiger partial charge in [-0.2, -0.15) is 0 Å². The second kappa shape index (κ2) is 6.45. The molecule has 1 aromatic carbocycles. The van der Waals surface area contributed by atoms with E-state index in [9.17, 15) is 14.9 Å². The van der Waals surface area contributed by atoms with Gasteiger partial charge in [-0.1, -0.05) is 0 Å². The predicted octanol–water partition coefficient (Wildman–Crippen LogP) is 4.61. The first-order chi connectivity index (χ1) is 10.3. The Morgan fingerprint density at radius 1 is 1.36 bits per heavy atom. The minimum atomic E-state index is -0.451. The van der Waals surface area contributed by atoms with Gasteiger partial charge in [-0.3, -0.25) is 10.1 Å². The molecule has 0 unspecified atom stereocenters. The van der Waals surface area contributed by atoms with Gasteiger partial charge >= 0.3 is 5.97 Å². The van der Waals surface area contributed by atoms with Crippen molar-refractivity contribution in [1.29, 1.82) is 0 Å². The Kier molecular flexibility index (Phi) is 4.82. The number of carbonyl (C=O) groups excluding carboxylic acids is 1. The van der Waals surface area contributed by atoms with Crippen LogP contribution in [0.25, 0.3) is 0 Å². The molecule has 2 rings (SSSR count). The van der Waals surface area contributed by atoms with Gasteiger partial charge in [-0.15, -0.1) is 11.3 Å². The van der Waals surface area contributed by atoms with Gasteiger partial charge in [0, 0.05) is 23.1 Å². The maximum Gasteiger partial charge on any atom is 0.348 e. The first-order valence-corrected chi connectivity index (χ1v) is 7.81. The van der Waals surface area contributed by atoms with Crippen LogP contribution < -0.4 is 4.74 Å². The Balaban J connectivity index is 2.38. The van der Waals surface area contributed by atoms with Gasteiger partial charge in [0.15, 0.2) is 0 Å². The highest BCUT2D eigenvalue weighted by atomic mass is 79.9. The number of benzene rings is 1. The largest absolute Gasteiger partial charge is 0.465 e. The minimum absolute atomic E-state index is 0.0112. The molecule has 8 heteroatoms. The van der Waals surface area contributed by atoms with Crippen LogP contribution >= 0.6 is 27.3 Å². The zero-order valence-electron chi connectivity index (χ0n) is 12.0. The summed E-state index contributed by atoms with van der Waals surface area (Å²) in [4.78, 5) is 22.4. The van der Waals surface area contributed by atoms with Crippen molar-refractivity contribution in [3.05, 3.63) is 48.1 Å². The maximum atomic E-state index is 11.4. The normalized spacial score (nSPS) is 10.4. The number of ether oxygens (including phenoxy) is 2. The lowest BCUT2D eigenvalue weighted by molar-refractivity contribution is -0.385. The van der Waals surface area contributed by atoms with Crippen LogP contribution in [-0.2, 0) is 4.74 Å². The summed E-state index contributed by atoms with van der Waals surface area (Å²) >= 11 is 4.43. The van der Waals surface area contributed by atoms with E-state index >= 15 is 0 Å². The van der Waals surface area contributed by atoms with Crippen LogP contribution in [-0.4, -0.2) is 18.0 Å². The molecule has 22 heavy (non-hydrogen) atoms. The number of hydrogen-bond donors (Lipinski definition) is 0. The number of nitrogens with zero attached hydrogens (tertiary/aromatic N) is 1. The van der Waals surface area contributed by atoms with Crippen molar-refractivity contribution in [2.75, 3.05) is 7.11 Å². The molecule has 116 valence electrons. The number of aryl methyl sites for hydroxylation is 1. The Labute approximate surface area is 138 Å². The molecule has 0 aliphatic heterocycles. The first kappa shape index (κ1) is 16.4. The van der Waals surface area contributed by atoms with Gasteiger partial charge in [0.1, 0.15) is 20.8 Å². The lowest BCUT2D eigenvalue weighted by Crippen LogP contribution is -1.98. The zero-order valence-corrected chi connectivity index (χ0v) is 14.4. The van der Waals surface area contributed by atoms with E-state index in [0.717, 1.165) is 0 Å². The molecule has 0 radical (unpaired) electrons. The molecule has 0 bridgehead atoms. The number of thiophene rings is 1. The summed E-state index contributed by atoms with van der Waals surface area (Å²) < 4.78 is 10.8. The molecule has 0 saturated carbocycles. The molecule has 0 fully saturated rings. The maximum absolute atomic E-state index is 11.4. The van der Waals surface area contributed by atoms with Gasteiger partial charge < -0.3 is 9.47 Å². The van der Waals surface area contributed by atoms with Crippen LogP contribution in [0.3, 0.4) is 0 Å². The Hall–Kier alpha value is -1.93. The van der Waals surface area contributed by atoms with Crippen LogP contribution in [0.5, 0.6) is 11.5 Å². The predicted molar refractivity (Wildman–Crippen MR) is 86.0 cm³/mol. The van der Waals surface area contributed by atoms with Gasteiger partial charge in [0.05, 0.1) is 12.0 Å². The lowest BCUT2D eigenvalue weighted by Gasteiger charge is -2.12. The second-order valence-electron chi connectivity index (χ2n) is 4.48. The summed E-state index contributed by atoms with van der Waals surface area (Å²) in [5.41, 5.74) is 1.25. The van der Waals surface area contributed by atoms with E-state index in [2.05, 4.69) is 20.7 Å². The molecule has 0 saturated heterocycles. The van der Waals surface area contributed by atoms with E-state index in [-0.39, 0.29) is 5.69 Å². The minimum Gasteiger partial charge on any atom is -0.465 e. The van der Waals surface area contributed by atoms with Crippen LogP contribution in [0.4, 0.5) is 5.69 Å². The Morgan fingerprint density at radius 2 is 2.05 bits per heavy atom. The number of methoxy groups -OCH3 is 1. The number of hydrogen-bond acceptors (Lipinski definition) is 6. The number of nitro groups is 1. The van der Waals surface area contributed by atoms with Crippen molar-refractivity contribution in [1.82, 2.24) is 0 Å². The molecule has 0 spiro atoms. The van der Waals surface area contributed by atoms with Crippen molar-refractivity contribution in [2.24, 2.45) is 0 Å². The smallest absolute Gasteiger partial charge is 0.348 e. The van der Waals surface area contributed by atoms with E-state index in [1.807, 2.05) is 0 Å². The number of nitro benzene ring substituents is 1. The SMILES string of the molecule is COC(=O)c1cc(Oc2c(C)cc([N+](=O)[O-])c(Br)c2C)cs1. The van der Waals surface area contributed by atoms with Crippen molar-refractivity contribution in [3.8, 4) is 11.5 Å². The molecule has 0 N–H and O–H groups in total. The molecular formula is C14H12BrNO5S. The fraction of sp³-hybridized carbons (Fsp3) is 0.214. The summed E-state index contributed by atoms with van der Waals surface area (Å²) in [5, 5.41) is 12.7. The Morgan fingerprint density at radius 3 is 2.64 bits per heavy atom. The molecular weight excluding hydrogens is 374 g/mol. The summed E-state index contributed by atoms with van der Waals surface area (Å²) in [5.74, 6) is 0.571. The lowest BCUT2D eigenvalue weighted by atomic mass is 10.1. The van der Waals surface area contributed by atoms with Crippen LogP contribution in [0.15, 0.2) is 22.0 Å². The monoisotopic (exact) mass is 385 g/mol. The number of carbonyl (C=O) groups is 1. The van der Waals surface area contributed by atoms with E-state index < -0.39 is 10.9 Å². The molecule has 0 amide bonds. The van der Waals surface area contributed by atoms with Crippen LogP contribution in [0.1, 0.15) is 20.8 Å². The summed E-state index contributed by atoms with van der Waals surface area (Å²) in [6.07, 6.45) is 0. The van der Waals surface area contributed by atoms with Gasteiger partial charge in [-0.05, 0) is 35.3 Å². The number of rotatable bonds is 4. The molecule has 1 heterocycles. The quantitative estimate of drug-likeness (QED) is 0.436. The number of esters is 1. The van der Waals surface area contributed by atoms with Crippen LogP contribution in [0, 0.1) is 24.0 Å². The standard InChI is InChI=1S/C14H12BrNO5S/c1-7-4-10(16(18)19)12(15)8(2)13(7)21-9-5-11(22-6-9)14(17)20-3/h4-6H,1-3H3. The van der Waals surface area contributed by atoms with Crippen molar-refractivity contribution < 1.29 is 19.2 Å². The third-order valence-electron chi connectivity index (χ3n) is 2.98. The zero-order chi connectivity index (χ0) is 16.4. The van der Waals surface area contributed by atoms with E-state index in [0.29, 0.717) is 32.0 Å². The summed E-state index contributed by atoms with van der Waals surface area (Å²) in [6, 6.07) is 3.02. The van der Waals surface area contributed by atoms with E-state index in [1.54, 1.807) is 25.3 Å². The molecule has 0 aliphatic rings. The van der Waals surface area contributed by atoms with E-state index in [4.69, 9.17) is 4.74 Å². The average Bonchev–Trinajstić information content (AvgIpc) is 2.94. The topological polar surface area (TPSA) is 78.7 Å². The second-order valence-corrected chi connectivity index (χ2v) is 6.18. The van der Waals surface area contributed by atoms with Gasteiger partial charge in [0.2, 0.25) is 0 Å². The van der Waals surface area contributed by atoms with Gasteiger partial charge in [0.25, 0.3) is 5.69 Å². The van der Waals surface area contributed by atoms with Crippen LogP contribution in [0.2, 0.25) is 0 Å². The molecule has 0 atom stereocenters. The van der Waals surface area contributed by atoms with Gasteiger partial charge in [-0.25, -0.2) is 4.79 Å². The fourth-order valence-corrected chi connectivity index (χ4v) is 3.07. The third-order valence-corrected chi connectivity index (χ3v) is 4.87. The average molecular weight is 386 g/mol. The molecule has 2 aromatic rings. The van der Waals surface area contributed by atoms with Crippen molar-refractivity contribution in [2.45, 2.75) is 13.8 Å². The fourth-order valence-electron chi connectivity index (χ4n) is 1.91.